The maximum Gasteiger partial charge on any atom is 0.337 e. The van der Waals surface area contributed by atoms with Crippen LogP contribution < -0.4 is 9.46 Å². The molecule has 0 heterocycles. The highest BCUT2D eigenvalue weighted by Gasteiger charge is 2.22. The molecule has 2 aromatic rings. The van der Waals surface area contributed by atoms with Crippen LogP contribution in [0.2, 0.25) is 0 Å². The lowest BCUT2D eigenvalue weighted by Gasteiger charge is -2.14. The van der Waals surface area contributed by atoms with E-state index in [1.807, 2.05) is 0 Å². The van der Waals surface area contributed by atoms with Crippen LogP contribution in [-0.2, 0) is 19.5 Å². The molecule has 8 nitrogen and oxygen atoms in total. The van der Waals surface area contributed by atoms with Crippen molar-refractivity contribution in [3.05, 3.63) is 53.1 Å². The van der Waals surface area contributed by atoms with E-state index < -0.39 is 22.0 Å². The summed E-state index contributed by atoms with van der Waals surface area (Å²) in [5.74, 6) is -1.06. The number of nitrogens with one attached hydrogen (secondary N) is 1. The molecule has 144 valence electrons. The largest absolute Gasteiger partial charge is 0.495 e. The highest BCUT2D eigenvalue weighted by atomic mass is 32.2. The minimum atomic E-state index is -4.08. The predicted molar refractivity (Wildman–Crippen MR) is 97.7 cm³/mol. The molecular formula is C18H19NO7S. The number of anilines is 1. The van der Waals surface area contributed by atoms with E-state index in [-0.39, 0.29) is 27.5 Å². The Kier molecular flexibility index (Phi) is 6.06. The molecule has 0 saturated heterocycles. The lowest BCUT2D eigenvalue weighted by Crippen LogP contribution is -2.16. The summed E-state index contributed by atoms with van der Waals surface area (Å²) >= 11 is 0. The van der Waals surface area contributed by atoms with E-state index in [9.17, 15) is 18.0 Å². The molecule has 0 aliphatic heterocycles. The minimum absolute atomic E-state index is 0.0586. The second-order valence-electron chi connectivity index (χ2n) is 5.48. The number of rotatable bonds is 6. The van der Waals surface area contributed by atoms with E-state index in [1.165, 1.54) is 57.7 Å². The lowest BCUT2D eigenvalue weighted by atomic mass is 10.1. The Balaban J connectivity index is 2.50. The molecule has 1 N–H and O–H groups in total. The van der Waals surface area contributed by atoms with Gasteiger partial charge in [0.2, 0.25) is 0 Å². The summed E-state index contributed by atoms with van der Waals surface area (Å²) in [7, 11) is -0.284. The van der Waals surface area contributed by atoms with Gasteiger partial charge in [-0.05, 0) is 42.8 Å². The molecule has 0 saturated carbocycles. The Labute approximate surface area is 157 Å². The van der Waals surface area contributed by atoms with Crippen molar-refractivity contribution in [3.8, 4) is 5.75 Å². The molecule has 0 bridgehead atoms. The average molecular weight is 393 g/mol. The molecule has 0 unspecified atom stereocenters. The lowest BCUT2D eigenvalue weighted by molar-refractivity contribution is 0.0591. The fourth-order valence-corrected chi connectivity index (χ4v) is 3.70. The third-order valence-electron chi connectivity index (χ3n) is 3.76. The number of ether oxygens (including phenoxy) is 3. The van der Waals surface area contributed by atoms with Gasteiger partial charge in [0.15, 0.2) is 0 Å². The van der Waals surface area contributed by atoms with Crippen LogP contribution in [0.25, 0.3) is 0 Å². The van der Waals surface area contributed by atoms with Gasteiger partial charge in [-0.3, -0.25) is 4.72 Å². The minimum Gasteiger partial charge on any atom is -0.495 e. The van der Waals surface area contributed by atoms with Gasteiger partial charge in [0.05, 0.1) is 43.0 Å². The third-order valence-corrected chi connectivity index (χ3v) is 5.27. The van der Waals surface area contributed by atoms with Gasteiger partial charge >= 0.3 is 11.9 Å². The molecule has 0 aliphatic carbocycles. The van der Waals surface area contributed by atoms with E-state index in [0.717, 1.165) is 0 Å². The summed E-state index contributed by atoms with van der Waals surface area (Å²) in [4.78, 5) is 23.3. The number of hydrogen-bond donors (Lipinski definition) is 1. The smallest absolute Gasteiger partial charge is 0.337 e. The number of benzene rings is 2. The fourth-order valence-electron chi connectivity index (χ4n) is 2.37. The van der Waals surface area contributed by atoms with Gasteiger partial charge in [-0.15, -0.1) is 0 Å². The number of sulfonamides is 1. The Morgan fingerprint density at radius 1 is 0.889 bits per heavy atom. The highest BCUT2D eigenvalue weighted by Crippen LogP contribution is 2.29. The zero-order valence-corrected chi connectivity index (χ0v) is 16.0. The summed E-state index contributed by atoms with van der Waals surface area (Å²) in [5, 5.41) is 0. The molecule has 0 radical (unpaired) electrons. The van der Waals surface area contributed by atoms with Crippen LogP contribution in [0, 0.1) is 6.92 Å². The summed E-state index contributed by atoms with van der Waals surface area (Å²) in [6, 6.07) is 8.40. The van der Waals surface area contributed by atoms with E-state index in [1.54, 1.807) is 6.92 Å². The van der Waals surface area contributed by atoms with Gasteiger partial charge in [0.25, 0.3) is 10.0 Å². The molecule has 0 aromatic heterocycles. The molecule has 0 amide bonds. The highest BCUT2D eigenvalue weighted by molar-refractivity contribution is 7.92. The maximum absolute atomic E-state index is 12.9. The van der Waals surface area contributed by atoms with Crippen molar-refractivity contribution >= 4 is 27.6 Å². The van der Waals surface area contributed by atoms with Gasteiger partial charge in [0.1, 0.15) is 5.75 Å². The monoisotopic (exact) mass is 393 g/mol. The van der Waals surface area contributed by atoms with E-state index in [4.69, 9.17) is 4.74 Å². The molecule has 0 fully saturated rings. The Bertz CT molecular complexity index is 983. The van der Waals surface area contributed by atoms with Gasteiger partial charge in [-0.25, -0.2) is 18.0 Å². The first-order valence-corrected chi connectivity index (χ1v) is 9.20. The number of esters is 2. The van der Waals surface area contributed by atoms with Crippen molar-refractivity contribution in [3.63, 3.8) is 0 Å². The summed E-state index contributed by atoms with van der Waals surface area (Å²) in [6.45, 7) is 1.59. The van der Waals surface area contributed by atoms with Gasteiger partial charge in [-0.2, -0.15) is 0 Å². The Morgan fingerprint density at radius 2 is 1.44 bits per heavy atom. The molecule has 27 heavy (non-hydrogen) atoms. The quantitative estimate of drug-likeness (QED) is 0.751. The molecule has 0 spiro atoms. The van der Waals surface area contributed by atoms with Gasteiger partial charge in [0, 0.05) is 0 Å². The van der Waals surface area contributed by atoms with Crippen LogP contribution >= 0.6 is 0 Å². The van der Waals surface area contributed by atoms with Crippen molar-refractivity contribution in [1.29, 1.82) is 0 Å². The fraction of sp³-hybridized carbons (Fsp3) is 0.222. The second kappa shape index (κ2) is 8.09. The molecule has 0 aliphatic rings. The van der Waals surface area contributed by atoms with Crippen LogP contribution in [0.4, 0.5) is 5.69 Å². The van der Waals surface area contributed by atoms with E-state index >= 15 is 0 Å². The number of hydrogen-bond acceptors (Lipinski definition) is 7. The second-order valence-corrected chi connectivity index (χ2v) is 7.13. The van der Waals surface area contributed by atoms with Crippen LogP contribution in [0.3, 0.4) is 0 Å². The maximum atomic E-state index is 12.9. The average Bonchev–Trinajstić information content (AvgIpc) is 2.66. The van der Waals surface area contributed by atoms with Gasteiger partial charge in [-0.1, -0.05) is 6.07 Å². The zero-order valence-electron chi connectivity index (χ0n) is 15.2. The van der Waals surface area contributed by atoms with Gasteiger partial charge < -0.3 is 14.2 Å². The summed E-state index contributed by atoms with van der Waals surface area (Å²) < 4.78 is 42.5. The number of aryl methyl sites for hydroxylation is 1. The van der Waals surface area contributed by atoms with Crippen LogP contribution in [0.15, 0.2) is 41.3 Å². The van der Waals surface area contributed by atoms with E-state index in [2.05, 4.69) is 14.2 Å². The predicted octanol–water partition coefficient (Wildman–Crippen LogP) is 2.38. The normalized spacial score (nSPS) is 10.8. The standard InChI is InChI=1S/C18H19NO7S/c1-11-5-6-13(18(21)26-4)10-16(11)27(22,23)19-14-9-12(17(20)25-3)7-8-15(14)24-2/h5-10,19H,1-4H3. The first-order valence-electron chi connectivity index (χ1n) is 7.71. The third kappa shape index (κ3) is 4.37. The van der Waals surface area contributed by atoms with Crippen molar-refractivity contribution in [2.45, 2.75) is 11.8 Å². The molecule has 2 rings (SSSR count). The molecule has 0 atom stereocenters. The Hall–Kier alpha value is -3.07. The molecule has 9 heteroatoms. The van der Waals surface area contributed by atoms with Crippen molar-refractivity contribution in [1.82, 2.24) is 0 Å². The number of carbonyl (C=O) groups is 2. The van der Waals surface area contributed by atoms with Crippen molar-refractivity contribution in [2.75, 3.05) is 26.1 Å². The Morgan fingerprint density at radius 3 is 2.00 bits per heavy atom. The van der Waals surface area contributed by atoms with Crippen LogP contribution in [0.5, 0.6) is 5.75 Å². The van der Waals surface area contributed by atoms with Crippen molar-refractivity contribution < 1.29 is 32.2 Å². The number of carbonyl (C=O) groups excluding carboxylic acids is 2. The SMILES string of the molecule is COC(=O)c1ccc(OC)c(NS(=O)(=O)c2cc(C(=O)OC)ccc2C)c1. The van der Waals surface area contributed by atoms with Crippen molar-refractivity contribution in [2.24, 2.45) is 0 Å². The summed E-state index contributed by atoms with van der Waals surface area (Å²) in [6.07, 6.45) is 0. The summed E-state index contributed by atoms with van der Waals surface area (Å²) in [5.41, 5.74) is 0.733. The van der Waals surface area contributed by atoms with Crippen LogP contribution in [0.1, 0.15) is 26.3 Å². The molecular weight excluding hydrogens is 374 g/mol. The molecule has 2 aromatic carbocycles. The zero-order chi connectivity index (χ0) is 20.2. The van der Waals surface area contributed by atoms with Crippen LogP contribution in [-0.4, -0.2) is 41.7 Å². The number of methoxy groups -OCH3 is 3. The first-order chi connectivity index (χ1) is 12.7. The van der Waals surface area contributed by atoms with E-state index in [0.29, 0.717) is 5.56 Å². The first kappa shape index (κ1) is 20.2. The topological polar surface area (TPSA) is 108 Å².